The lowest BCUT2D eigenvalue weighted by Crippen LogP contribution is -2.37. The van der Waals surface area contributed by atoms with Crippen LogP contribution in [0.15, 0.2) is 53.8 Å². The van der Waals surface area contributed by atoms with Crippen molar-refractivity contribution in [1.82, 2.24) is 29.5 Å². The van der Waals surface area contributed by atoms with Crippen LogP contribution in [-0.4, -0.2) is 64.3 Å². The van der Waals surface area contributed by atoms with Crippen molar-refractivity contribution in [2.24, 2.45) is 0 Å². The summed E-state index contributed by atoms with van der Waals surface area (Å²) in [6, 6.07) is 10.1. The quantitative estimate of drug-likeness (QED) is 0.528. The minimum atomic E-state index is -3.83. The molecule has 1 fully saturated rings. The molecule has 10 nitrogen and oxygen atoms in total. The number of sulfonamides is 1. The van der Waals surface area contributed by atoms with E-state index >= 15 is 0 Å². The van der Waals surface area contributed by atoms with E-state index in [9.17, 15) is 8.42 Å². The first-order valence-electron chi connectivity index (χ1n) is 9.51. The Kier molecular flexibility index (Phi) is 6.02. The smallest absolute Gasteiger partial charge is 0.243 e. The predicted octanol–water partition coefficient (Wildman–Crippen LogP) is 1.44. The Balaban J connectivity index is 1.68. The largest absolute Gasteiger partial charge is 0.494 e. The van der Waals surface area contributed by atoms with E-state index in [0.29, 0.717) is 23.7 Å². The highest BCUT2D eigenvalue weighted by molar-refractivity contribution is 7.89. The second kappa shape index (κ2) is 8.86. The number of rotatable bonds is 8. The van der Waals surface area contributed by atoms with Crippen molar-refractivity contribution in [2.75, 3.05) is 20.3 Å². The molecule has 1 atom stereocenters. The molecular formula is C19H22N6O4S. The second-order valence-corrected chi connectivity index (χ2v) is 8.78. The SMILES string of the molecule is COc1cc(S(=O)(=O)N(Cc2ccccn2)CC2CCCO2)ccc1-n1cnnn1. The summed E-state index contributed by atoms with van der Waals surface area (Å²) in [4.78, 5) is 4.40. The fourth-order valence-corrected chi connectivity index (χ4v) is 4.82. The molecule has 0 spiro atoms. The summed E-state index contributed by atoms with van der Waals surface area (Å²) in [5, 5.41) is 11.1. The zero-order valence-electron chi connectivity index (χ0n) is 16.5. The summed E-state index contributed by atoms with van der Waals surface area (Å²) in [7, 11) is -2.36. The van der Waals surface area contributed by atoms with Crippen LogP contribution in [0.4, 0.5) is 0 Å². The molecule has 1 aliphatic rings. The minimum Gasteiger partial charge on any atom is -0.494 e. The zero-order valence-corrected chi connectivity index (χ0v) is 17.3. The predicted molar refractivity (Wildman–Crippen MR) is 107 cm³/mol. The standard InChI is InChI=1S/C19H22N6O4S/c1-28-19-11-17(7-8-18(19)25-14-21-22-23-25)30(26,27)24(13-16-6-4-10-29-16)12-15-5-2-3-9-20-15/h2-3,5,7-9,11,14,16H,4,6,10,12-13H2,1H3. The highest BCUT2D eigenvalue weighted by Crippen LogP contribution is 2.28. The third kappa shape index (κ3) is 4.32. The van der Waals surface area contributed by atoms with Crippen LogP contribution in [0.25, 0.3) is 5.69 Å². The molecule has 1 saturated heterocycles. The molecule has 0 aliphatic carbocycles. The molecule has 3 aromatic rings. The van der Waals surface area contributed by atoms with E-state index in [4.69, 9.17) is 9.47 Å². The second-order valence-electron chi connectivity index (χ2n) is 6.84. The molecule has 3 heterocycles. The Morgan fingerprint density at radius 2 is 2.20 bits per heavy atom. The Bertz CT molecular complexity index is 1070. The molecule has 30 heavy (non-hydrogen) atoms. The number of hydrogen-bond donors (Lipinski definition) is 0. The van der Waals surface area contributed by atoms with Gasteiger partial charge in [-0.25, -0.2) is 8.42 Å². The van der Waals surface area contributed by atoms with Crippen LogP contribution in [0.2, 0.25) is 0 Å². The van der Waals surface area contributed by atoms with Crippen LogP contribution in [0.1, 0.15) is 18.5 Å². The first kappa shape index (κ1) is 20.4. The van der Waals surface area contributed by atoms with Crippen molar-refractivity contribution >= 4 is 10.0 Å². The summed E-state index contributed by atoms with van der Waals surface area (Å²) in [6.45, 7) is 1.06. The molecule has 1 aromatic carbocycles. The normalized spacial score (nSPS) is 16.8. The molecule has 1 aliphatic heterocycles. The van der Waals surface area contributed by atoms with E-state index in [-0.39, 0.29) is 24.1 Å². The number of pyridine rings is 1. The first-order chi connectivity index (χ1) is 14.6. The maximum absolute atomic E-state index is 13.5. The molecule has 4 rings (SSSR count). The Labute approximate surface area is 174 Å². The summed E-state index contributed by atoms with van der Waals surface area (Å²) >= 11 is 0. The van der Waals surface area contributed by atoms with Crippen molar-refractivity contribution in [1.29, 1.82) is 0 Å². The number of hydrogen-bond acceptors (Lipinski definition) is 8. The van der Waals surface area contributed by atoms with Gasteiger partial charge in [0.25, 0.3) is 0 Å². The van der Waals surface area contributed by atoms with Crippen molar-refractivity contribution in [3.63, 3.8) is 0 Å². The molecule has 0 N–H and O–H groups in total. The number of benzene rings is 1. The number of methoxy groups -OCH3 is 1. The molecule has 2 aromatic heterocycles. The van der Waals surface area contributed by atoms with Crippen LogP contribution in [-0.2, 0) is 21.3 Å². The van der Waals surface area contributed by atoms with Gasteiger partial charge in [-0.2, -0.15) is 8.99 Å². The Morgan fingerprint density at radius 1 is 1.30 bits per heavy atom. The number of aromatic nitrogens is 5. The minimum absolute atomic E-state index is 0.116. The van der Waals surface area contributed by atoms with Crippen LogP contribution >= 0.6 is 0 Å². The van der Waals surface area contributed by atoms with Crippen LogP contribution in [0.3, 0.4) is 0 Å². The van der Waals surface area contributed by atoms with Gasteiger partial charge in [-0.05, 0) is 47.5 Å². The monoisotopic (exact) mass is 430 g/mol. The fraction of sp³-hybridized carbons (Fsp3) is 0.368. The summed E-state index contributed by atoms with van der Waals surface area (Å²) in [5.41, 5.74) is 1.20. The van der Waals surface area contributed by atoms with Crippen LogP contribution in [0, 0.1) is 0 Å². The number of tetrazole rings is 1. The highest BCUT2D eigenvalue weighted by Gasteiger charge is 2.30. The fourth-order valence-electron chi connectivity index (χ4n) is 3.36. The van der Waals surface area contributed by atoms with Gasteiger partial charge in [-0.1, -0.05) is 6.07 Å². The van der Waals surface area contributed by atoms with Gasteiger partial charge < -0.3 is 9.47 Å². The van der Waals surface area contributed by atoms with E-state index in [2.05, 4.69) is 20.5 Å². The Morgan fingerprint density at radius 3 is 2.87 bits per heavy atom. The average Bonchev–Trinajstić information content (AvgIpc) is 3.48. The molecule has 11 heteroatoms. The maximum Gasteiger partial charge on any atom is 0.243 e. The molecule has 0 radical (unpaired) electrons. The van der Waals surface area contributed by atoms with Gasteiger partial charge in [-0.3, -0.25) is 4.98 Å². The Hall–Kier alpha value is -2.89. The van der Waals surface area contributed by atoms with Crippen molar-refractivity contribution in [2.45, 2.75) is 30.4 Å². The zero-order chi connectivity index (χ0) is 21.0. The topological polar surface area (TPSA) is 112 Å². The van der Waals surface area contributed by atoms with Crippen molar-refractivity contribution < 1.29 is 17.9 Å². The van der Waals surface area contributed by atoms with E-state index in [1.807, 2.05) is 6.07 Å². The molecule has 0 saturated carbocycles. The van der Waals surface area contributed by atoms with Gasteiger partial charge in [0, 0.05) is 25.4 Å². The lowest BCUT2D eigenvalue weighted by molar-refractivity contribution is 0.0924. The molecule has 0 amide bonds. The number of nitrogens with zero attached hydrogens (tertiary/aromatic N) is 6. The van der Waals surface area contributed by atoms with Gasteiger partial charge in [0.15, 0.2) is 0 Å². The lowest BCUT2D eigenvalue weighted by Gasteiger charge is -2.25. The van der Waals surface area contributed by atoms with Gasteiger partial charge >= 0.3 is 0 Å². The summed E-state index contributed by atoms with van der Waals surface area (Å²) < 4.78 is 41.0. The molecular weight excluding hydrogens is 408 g/mol. The third-order valence-corrected chi connectivity index (χ3v) is 6.69. The highest BCUT2D eigenvalue weighted by atomic mass is 32.2. The van der Waals surface area contributed by atoms with Gasteiger partial charge in [0.2, 0.25) is 10.0 Å². The summed E-state index contributed by atoms with van der Waals surface area (Å²) in [5.74, 6) is 0.346. The molecule has 1 unspecified atom stereocenters. The van der Waals surface area contributed by atoms with Crippen LogP contribution < -0.4 is 4.74 Å². The van der Waals surface area contributed by atoms with Gasteiger partial charge in [-0.15, -0.1) is 5.10 Å². The molecule has 0 bridgehead atoms. The third-order valence-electron chi connectivity index (χ3n) is 4.88. The van der Waals surface area contributed by atoms with E-state index in [1.165, 1.54) is 34.6 Å². The lowest BCUT2D eigenvalue weighted by atomic mass is 10.2. The average molecular weight is 430 g/mol. The van der Waals surface area contributed by atoms with Crippen molar-refractivity contribution in [3.05, 3.63) is 54.6 Å². The van der Waals surface area contributed by atoms with Gasteiger partial charge in [0.1, 0.15) is 17.8 Å². The molecule has 158 valence electrons. The van der Waals surface area contributed by atoms with Crippen molar-refractivity contribution in [3.8, 4) is 11.4 Å². The first-order valence-corrected chi connectivity index (χ1v) is 10.9. The van der Waals surface area contributed by atoms with Crippen LogP contribution in [0.5, 0.6) is 5.75 Å². The number of ether oxygens (including phenoxy) is 2. The summed E-state index contributed by atoms with van der Waals surface area (Å²) in [6.07, 6.45) is 4.69. The van der Waals surface area contributed by atoms with E-state index in [0.717, 1.165) is 12.8 Å². The van der Waals surface area contributed by atoms with Gasteiger partial charge in [0.05, 0.1) is 30.3 Å². The maximum atomic E-state index is 13.5. The van der Waals surface area contributed by atoms with E-state index < -0.39 is 10.0 Å². The van der Waals surface area contributed by atoms with E-state index in [1.54, 1.807) is 24.4 Å².